The fourth-order valence-corrected chi connectivity index (χ4v) is 2.50. The van der Waals surface area contributed by atoms with Crippen molar-refractivity contribution < 1.29 is 4.74 Å². The molecule has 1 aliphatic heterocycles. The first-order chi connectivity index (χ1) is 8.33. The van der Waals surface area contributed by atoms with Crippen LogP contribution in [0.1, 0.15) is 13.3 Å². The van der Waals surface area contributed by atoms with Crippen molar-refractivity contribution in [3.8, 4) is 5.75 Å². The number of hydrogen-bond acceptors (Lipinski definition) is 3. The Balaban J connectivity index is 2.18. The number of benzene rings is 1. The van der Waals surface area contributed by atoms with Crippen LogP contribution in [0, 0.1) is 0 Å². The lowest BCUT2D eigenvalue weighted by Gasteiger charge is -2.27. The van der Waals surface area contributed by atoms with E-state index in [0.29, 0.717) is 0 Å². The van der Waals surface area contributed by atoms with Gasteiger partial charge in [0.05, 0.1) is 18.1 Å². The molecule has 1 aromatic heterocycles. The Hall–Kier alpha value is -1.71. The zero-order valence-electron chi connectivity index (χ0n) is 10.3. The average molecular weight is 231 g/mol. The van der Waals surface area contributed by atoms with Gasteiger partial charge >= 0.3 is 0 Å². The van der Waals surface area contributed by atoms with E-state index < -0.39 is 0 Å². The van der Waals surface area contributed by atoms with Crippen molar-refractivity contribution in [2.75, 3.05) is 25.1 Å². The van der Waals surface area contributed by atoms with Crippen molar-refractivity contribution in [3.05, 3.63) is 18.2 Å². The van der Waals surface area contributed by atoms with Crippen molar-refractivity contribution in [2.45, 2.75) is 19.9 Å². The molecule has 0 bridgehead atoms. The predicted molar refractivity (Wildman–Crippen MR) is 68.8 cm³/mol. The number of aryl methyl sites for hydroxylation is 1. The number of hydrogen-bond donors (Lipinski definition) is 0. The minimum Gasteiger partial charge on any atom is -0.497 e. The van der Waals surface area contributed by atoms with E-state index in [4.69, 9.17) is 9.72 Å². The molecule has 0 aliphatic carbocycles. The van der Waals surface area contributed by atoms with Gasteiger partial charge in [-0.25, -0.2) is 4.98 Å². The molecule has 0 radical (unpaired) electrons. The number of anilines is 1. The van der Waals surface area contributed by atoms with E-state index in [0.717, 1.165) is 36.8 Å². The molecule has 1 aliphatic rings. The number of fused-ring (bicyclic) bond motifs is 3. The summed E-state index contributed by atoms with van der Waals surface area (Å²) in [4.78, 5) is 7.05. The summed E-state index contributed by atoms with van der Waals surface area (Å²) in [5.74, 6) is 1.97. The lowest BCUT2D eigenvalue weighted by atomic mass is 10.3. The fourth-order valence-electron chi connectivity index (χ4n) is 2.50. The van der Waals surface area contributed by atoms with Gasteiger partial charge in [-0.05, 0) is 25.5 Å². The molecule has 0 unspecified atom stereocenters. The topological polar surface area (TPSA) is 30.3 Å². The lowest BCUT2D eigenvalue weighted by molar-refractivity contribution is 0.415. The van der Waals surface area contributed by atoms with Gasteiger partial charge in [0.2, 0.25) is 5.95 Å². The monoisotopic (exact) mass is 231 g/mol. The van der Waals surface area contributed by atoms with Crippen LogP contribution in [-0.4, -0.2) is 29.8 Å². The second-order valence-electron chi connectivity index (χ2n) is 4.35. The number of nitrogens with zero attached hydrogens (tertiary/aromatic N) is 3. The lowest BCUT2D eigenvalue weighted by Crippen LogP contribution is -2.31. The summed E-state index contributed by atoms with van der Waals surface area (Å²) in [6, 6.07) is 6.11. The Kier molecular flexibility index (Phi) is 2.42. The van der Waals surface area contributed by atoms with Crippen LogP contribution in [0.2, 0.25) is 0 Å². The molecule has 3 rings (SSSR count). The normalized spacial score (nSPS) is 15.1. The van der Waals surface area contributed by atoms with Gasteiger partial charge in [-0.2, -0.15) is 0 Å². The zero-order chi connectivity index (χ0) is 11.8. The first-order valence-electron chi connectivity index (χ1n) is 6.12. The first kappa shape index (κ1) is 10.4. The second kappa shape index (κ2) is 3.95. The highest BCUT2D eigenvalue weighted by molar-refractivity contribution is 5.80. The Labute approximate surface area is 101 Å². The van der Waals surface area contributed by atoms with E-state index in [2.05, 4.69) is 22.5 Å². The highest BCUT2D eigenvalue weighted by atomic mass is 16.5. The third-order valence-corrected chi connectivity index (χ3v) is 3.41. The van der Waals surface area contributed by atoms with Crippen LogP contribution in [0.5, 0.6) is 5.75 Å². The van der Waals surface area contributed by atoms with Crippen LogP contribution in [-0.2, 0) is 6.54 Å². The minimum atomic E-state index is 0.871. The molecular formula is C13H17N3O. The molecule has 0 saturated carbocycles. The Morgan fingerprint density at radius 3 is 3.00 bits per heavy atom. The summed E-state index contributed by atoms with van der Waals surface area (Å²) in [5.41, 5.74) is 2.23. The molecule has 0 N–H and O–H groups in total. The Bertz CT molecular complexity index is 547. The molecule has 90 valence electrons. The van der Waals surface area contributed by atoms with Gasteiger partial charge in [-0.3, -0.25) is 0 Å². The van der Waals surface area contributed by atoms with Gasteiger partial charge in [0.15, 0.2) is 0 Å². The zero-order valence-corrected chi connectivity index (χ0v) is 10.3. The van der Waals surface area contributed by atoms with E-state index in [1.807, 2.05) is 12.1 Å². The van der Waals surface area contributed by atoms with Crippen LogP contribution in [0.25, 0.3) is 11.0 Å². The van der Waals surface area contributed by atoms with E-state index >= 15 is 0 Å². The number of imidazole rings is 1. The van der Waals surface area contributed by atoms with Gasteiger partial charge in [-0.1, -0.05) is 0 Å². The molecule has 4 heteroatoms. The van der Waals surface area contributed by atoms with E-state index in [1.165, 1.54) is 11.9 Å². The third-order valence-electron chi connectivity index (χ3n) is 3.41. The largest absolute Gasteiger partial charge is 0.497 e. The molecule has 1 aromatic carbocycles. The Morgan fingerprint density at radius 1 is 1.35 bits per heavy atom. The average Bonchev–Trinajstić information content (AvgIpc) is 2.75. The van der Waals surface area contributed by atoms with Crippen LogP contribution in [0.3, 0.4) is 0 Å². The SMILES string of the molecule is CCN1CCCn2c1nc1cc(OC)ccc12. The molecule has 0 fully saturated rings. The summed E-state index contributed by atoms with van der Waals surface area (Å²) in [7, 11) is 1.69. The molecule has 2 aromatic rings. The van der Waals surface area contributed by atoms with E-state index in [1.54, 1.807) is 7.11 Å². The Morgan fingerprint density at radius 2 is 2.24 bits per heavy atom. The van der Waals surface area contributed by atoms with Crippen molar-refractivity contribution >= 4 is 17.0 Å². The molecular weight excluding hydrogens is 214 g/mol. The number of methoxy groups -OCH3 is 1. The maximum atomic E-state index is 5.24. The van der Waals surface area contributed by atoms with Crippen LogP contribution < -0.4 is 9.64 Å². The minimum absolute atomic E-state index is 0.871. The highest BCUT2D eigenvalue weighted by Gasteiger charge is 2.19. The molecule has 0 atom stereocenters. The van der Waals surface area contributed by atoms with Crippen molar-refractivity contribution in [1.82, 2.24) is 9.55 Å². The van der Waals surface area contributed by atoms with Gasteiger partial charge < -0.3 is 14.2 Å². The summed E-state index contributed by atoms with van der Waals surface area (Å²) in [6.07, 6.45) is 1.19. The number of ether oxygens (including phenoxy) is 1. The molecule has 0 saturated heterocycles. The van der Waals surface area contributed by atoms with Gasteiger partial charge in [0, 0.05) is 25.7 Å². The van der Waals surface area contributed by atoms with Crippen LogP contribution in [0.15, 0.2) is 18.2 Å². The standard InChI is InChI=1S/C13H17N3O/c1-3-15-7-4-8-16-12-6-5-10(17-2)9-11(12)14-13(15)16/h5-6,9H,3-4,7-8H2,1-2H3. The molecule has 0 spiro atoms. The quantitative estimate of drug-likeness (QED) is 0.794. The summed E-state index contributed by atoms with van der Waals surface area (Å²) < 4.78 is 7.55. The first-order valence-corrected chi connectivity index (χ1v) is 6.12. The number of rotatable bonds is 2. The van der Waals surface area contributed by atoms with Crippen LogP contribution >= 0.6 is 0 Å². The van der Waals surface area contributed by atoms with Crippen LogP contribution in [0.4, 0.5) is 5.95 Å². The van der Waals surface area contributed by atoms with E-state index in [-0.39, 0.29) is 0 Å². The summed E-state index contributed by atoms with van der Waals surface area (Å²) in [5, 5.41) is 0. The number of aromatic nitrogens is 2. The fraction of sp³-hybridized carbons (Fsp3) is 0.462. The van der Waals surface area contributed by atoms with Gasteiger partial charge in [0.1, 0.15) is 5.75 Å². The molecule has 17 heavy (non-hydrogen) atoms. The van der Waals surface area contributed by atoms with Crippen molar-refractivity contribution in [3.63, 3.8) is 0 Å². The second-order valence-corrected chi connectivity index (χ2v) is 4.35. The predicted octanol–water partition coefficient (Wildman–Crippen LogP) is 2.27. The maximum absolute atomic E-state index is 5.24. The molecule has 2 heterocycles. The van der Waals surface area contributed by atoms with Crippen molar-refractivity contribution in [1.29, 1.82) is 0 Å². The highest BCUT2D eigenvalue weighted by Crippen LogP contribution is 2.28. The van der Waals surface area contributed by atoms with Crippen molar-refractivity contribution in [2.24, 2.45) is 0 Å². The molecule has 0 amide bonds. The third kappa shape index (κ3) is 1.55. The molecule has 4 nitrogen and oxygen atoms in total. The maximum Gasteiger partial charge on any atom is 0.206 e. The van der Waals surface area contributed by atoms with E-state index in [9.17, 15) is 0 Å². The summed E-state index contributed by atoms with van der Waals surface area (Å²) in [6.45, 7) is 5.36. The van der Waals surface area contributed by atoms with Gasteiger partial charge in [-0.15, -0.1) is 0 Å². The smallest absolute Gasteiger partial charge is 0.206 e. The summed E-state index contributed by atoms with van der Waals surface area (Å²) >= 11 is 0. The van der Waals surface area contributed by atoms with Gasteiger partial charge in [0.25, 0.3) is 0 Å².